The van der Waals surface area contributed by atoms with Crippen LogP contribution in [0.3, 0.4) is 0 Å². The number of rotatable bonds is 6. The Balaban J connectivity index is 2.23. The number of halogens is 1. The highest BCUT2D eigenvalue weighted by molar-refractivity contribution is 6.33. The quantitative estimate of drug-likeness (QED) is 0.345. The molecular formula is C17H13ClN4O4. The number of non-ortho nitro benzene ring substituents is 1. The number of methoxy groups -OCH3 is 1. The van der Waals surface area contributed by atoms with Gasteiger partial charge in [0.25, 0.3) is 11.6 Å². The Hall–Kier alpha value is -3.57. The zero-order valence-electron chi connectivity index (χ0n) is 13.5. The predicted octanol–water partition coefficient (Wildman–Crippen LogP) is 3.71. The van der Waals surface area contributed by atoms with Gasteiger partial charge < -0.3 is 15.4 Å². The summed E-state index contributed by atoms with van der Waals surface area (Å²) in [5.41, 5.74) is 0.174. The van der Waals surface area contributed by atoms with E-state index in [0.29, 0.717) is 16.5 Å². The number of nitro benzene ring substituents is 1. The molecule has 1 amide bonds. The number of ether oxygens (including phenoxy) is 1. The molecule has 26 heavy (non-hydrogen) atoms. The minimum Gasteiger partial charge on any atom is -0.495 e. The lowest BCUT2D eigenvalue weighted by atomic mass is 10.2. The summed E-state index contributed by atoms with van der Waals surface area (Å²) in [5, 5.41) is 25.6. The summed E-state index contributed by atoms with van der Waals surface area (Å²) in [6, 6.07) is 12.2. The number of nitrogens with one attached hydrogen (secondary N) is 2. The van der Waals surface area contributed by atoms with Crippen LogP contribution in [-0.4, -0.2) is 17.9 Å². The summed E-state index contributed by atoms with van der Waals surface area (Å²) in [4.78, 5) is 22.5. The van der Waals surface area contributed by atoms with Crippen molar-refractivity contribution in [3.05, 3.63) is 69.4 Å². The number of benzene rings is 2. The maximum atomic E-state index is 12.2. The predicted molar refractivity (Wildman–Crippen MR) is 97.0 cm³/mol. The minimum atomic E-state index is -0.683. The summed E-state index contributed by atoms with van der Waals surface area (Å²) >= 11 is 5.96. The molecule has 0 bridgehead atoms. The van der Waals surface area contributed by atoms with Crippen LogP contribution in [0.5, 0.6) is 5.75 Å². The highest BCUT2D eigenvalue weighted by Gasteiger charge is 2.13. The summed E-state index contributed by atoms with van der Waals surface area (Å²) in [7, 11) is 1.39. The van der Waals surface area contributed by atoms with Gasteiger partial charge in [0.2, 0.25) is 0 Å². The Morgan fingerprint density at radius 2 is 2.04 bits per heavy atom. The summed E-state index contributed by atoms with van der Waals surface area (Å²) < 4.78 is 5.10. The highest BCUT2D eigenvalue weighted by atomic mass is 35.5. The second kappa shape index (κ2) is 8.50. The molecule has 132 valence electrons. The van der Waals surface area contributed by atoms with Gasteiger partial charge in [0, 0.05) is 18.3 Å². The molecular weight excluding hydrogens is 360 g/mol. The zero-order valence-corrected chi connectivity index (χ0v) is 14.3. The molecule has 0 fully saturated rings. The molecule has 2 rings (SSSR count). The SMILES string of the molecule is COc1ccc([N+](=O)[O-])cc1N/C=C(/C#N)C(=O)Nc1ccccc1Cl. The number of hydrogen-bond donors (Lipinski definition) is 2. The minimum absolute atomic E-state index is 0.166. The van der Waals surface area contributed by atoms with Crippen molar-refractivity contribution in [2.24, 2.45) is 0 Å². The van der Waals surface area contributed by atoms with Gasteiger partial charge in [-0.1, -0.05) is 23.7 Å². The molecule has 2 aromatic rings. The van der Waals surface area contributed by atoms with Crippen molar-refractivity contribution in [2.75, 3.05) is 17.7 Å². The van der Waals surface area contributed by atoms with Crippen LogP contribution in [0, 0.1) is 21.4 Å². The van der Waals surface area contributed by atoms with Gasteiger partial charge in [-0.15, -0.1) is 0 Å². The van der Waals surface area contributed by atoms with E-state index in [1.165, 1.54) is 25.3 Å². The number of amides is 1. The first-order valence-electron chi connectivity index (χ1n) is 7.21. The molecule has 0 spiro atoms. The molecule has 0 radical (unpaired) electrons. The van der Waals surface area contributed by atoms with Crippen molar-refractivity contribution in [2.45, 2.75) is 0 Å². The first kappa shape index (κ1) is 18.8. The molecule has 0 saturated heterocycles. The van der Waals surface area contributed by atoms with Gasteiger partial charge in [0.15, 0.2) is 0 Å². The van der Waals surface area contributed by atoms with Gasteiger partial charge in [-0.3, -0.25) is 14.9 Å². The first-order chi connectivity index (χ1) is 12.5. The molecule has 0 aliphatic rings. The summed E-state index contributed by atoms with van der Waals surface area (Å²) in [5.74, 6) is -0.367. The number of nitriles is 1. The van der Waals surface area contributed by atoms with Crippen LogP contribution in [-0.2, 0) is 4.79 Å². The van der Waals surface area contributed by atoms with E-state index in [2.05, 4.69) is 10.6 Å². The smallest absolute Gasteiger partial charge is 0.271 e. The molecule has 0 atom stereocenters. The van der Waals surface area contributed by atoms with E-state index in [4.69, 9.17) is 16.3 Å². The number of para-hydroxylation sites is 1. The lowest BCUT2D eigenvalue weighted by molar-refractivity contribution is -0.384. The third kappa shape index (κ3) is 4.49. The Labute approximate surface area is 153 Å². The van der Waals surface area contributed by atoms with Gasteiger partial charge in [-0.25, -0.2) is 0 Å². The van der Waals surface area contributed by atoms with Crippen LogP contribution in [0.1, 0.15) is 0 Å². The molecule has 0 heterocycles. The molecule has 0 aliphatic carbocycles. The van der Waals surface area contributed by atoms with E-state index in [-0.39, 0.29) is 16.9 Å². The zero-order chi connectivity index (χ0) is 19.1. The average Bonchev–Trinajstić information content (AvgIpc) is 2.63. The Morgan fingerprint density at radius 3 is 2.65 bits per heavy atom. The van der Waals surface area contributed by atoms with Crippen LogP contribution < -0.4 is 15.4 Å². The third-order valence-corrected chi connectivity index (χ3v) is 3.58. The molecule has 2 aromatic carbocycles. The van der Waals surface area contributed by atoms with Crippen molar-refractivity contribution >= 4 is 34.6 Å². The Morgan fingerprint density at radius 1 is 1.31 bits per heavy atom. The van der Waals surface area contributed by atoms with E-state index in [1.54, 1.807) is 30.3 Å². The average molecular weight is 373 g/mol. The largest absolute Gasteiger partial charge is 0.495 e. The third-order valence-electron chi connectivity index (χ3n) is 3.25. The van der Waals surface area contributed by atoms with Gasteiger partial charge in [-0.2, -0.15) is 5.26 Å². The molecule has 0 saturated carbocycles. The van der Waals surface area contributed by atoms with Crippen molar-refractivity contribution in [3.8, 4) is 11.8 Å². The molecule has 0 aromatic heterocycles. The molecule has 9 heteroatoms. The number of carbonyl (C=O) groups is 1. The first-order valence-corrected chi connectivity index (χ1v) is 7.59. The fourth-order valence-electron chi connectivity index (χ4n) is 1.97. The molecule has 0 aliphatic heterocycles. The topological polar surface area (TPSA) is 117 Å². The second-order valence-electron chi connectivity index (χ2n) is 4.89. The number of hydrogen-bond acceptors (Lipinski definition) is 6. The maximum absolute atomic E-state index is 12.2. The number of nitro groups is 1. The lowest BCUT2D eigenvalue weighted by Crippen LogP contribution is -2.14. The fourth-order valence-corrected chi connectivity index (χ4v) is 2.16. The number of nitrogens with zero attached hydrogens (tertiary/aromatic N) is 2. The molecule has 8 nitrogen and oxygen atoms in total. The van der Waals surface area contributed by atoms with Crippen molar-refractivity contribution in [1.82, 2.24) is 0 Å². The van der Waals surface area contributed by atoms with Gasteiger partial charge in [0.05, 0.1) is 28.4 Å². The van der Waals surface area contributed by atoms with E-state index < -0.39 is 10.8 Å². The second-order valence-corrected chi connectivity index (χ2v) is 5.30. The van der Waals surface area contributed by atoms with Crippen LogP contribution in [0.2, 0.25) is 5.02 Å². The van der Waals surface area contributed by atoms with Gasteiger partial charge in [-0.05, 0) is 18.2 Å². The van der Waals surface area contributed by atoms with Crippen LogP contribution in [0.25, 0.3) is 0 Å². The van der Waals surface area contributed by atoms with Crippen molar-refractivity contribution in [1.29, 1.82) is 5.26 Å². The monoisotopic (exact) mass is 372 g/mol. The van der Waals surface area contributed by atoms with E-state index in [0.717, 1.165) is 6.20 Å². The van der Waals surface area contributed by atoms with Crippen LogP contribution in [0.15, 0.2) is 54.2 Å². The Kier molecular flexibility index (Phi) is 6.14. The van der Waals surface area contributed by atoms with Gasteiger partial charge in [0.1, 0.15) is 17.4 Å². The van der Waals surface area contributed by atoms with Crippen molar-refractivity contribution in [3.63, 3.8) is 0 Å². The van der Waals surface area contributed by atoms with Crippen molar-refractivity contribution < 1.29 is 14.5 Å². The fraction of sp³-hybridized carbons (Fsp3) is 0.0588. The van der Waals surface area contributed by atoms with Crippen LogP contribution >= 0.6 is 11.6 Å². The highest BCUT2D eigenvalue weighted by Crippen LogP contribution is 2.29. The normalized spacial score (nSPS) is 10.6. The standard InChI is InChI=1S/C17H13ClN4O4/c1-26-16-7-6-12(22(24)25)8-15(16)20-10-11(9-19)17(23)21-14-5-3-2-4-13(14)18/h2-8,10,20H,1H3,(H,21,23)/b11-10-. The Bertz CT molecular complexity index is 921. The number of carbonyl (C=O) groups excluding carboxylic acids is 1. The molecule has 2 N–H and O–H groups in total. The lowest BCUT2D eigenvalue weighted by Gasteiger charge is -2.09. The summed E-state index contributed by atoms with van der Waals surface area (Å²) in [6.45, 7) is 0. The van der Waals surface area contributed by atoms with Crippen LogP contribution in [0.4, 0.5) is 17.1 Å². The summed E-state index contributed by atoms with van der Waals surface area (Å²) in [6.07, 6.45) is 1.13. The molecule has 0 unspecified atom stereocenters. The maximum Gasteiger partial charge on any atom is 0.271 e. The number of anilines is 2. The van der Waals surface area contributed by atoms with E-state index in [9.17, 15) is 20.2 Å². The van der Waals surface area contributed by atoms with E-state index in [1.807, 2.05) is 0 Å². The van der Waals surface area contributed by atoms with E-state index >= 15 is 0 Å². The van der Waals surface area contributed by atoms with Gasteiger partial charge >= 0.3 is 0 Å².